The zero-order valence-electron chi connectivity index (χ0n) is 7.46. The minimum atomic E-state index is -0.166. The summed E-state index contributed by atoms with van der Waals surface area (Å²) in [7, 11) is 0. The molecule has 0 spiro atoms. The lowest BCUT2D eigenvalue weighted by atomic mass is 9.95. The van der Waals surface area contributed by atoms with E-state index in [1.165, 1.54) is 0 Å². The van der Waals surface area contributed by atoms with Gasteiger partial charge in [0.05, 0.1) is 5.41 Å². The number of benzene rings is 1. The maximum absolute atomic E-state index is 11.0. The van der Waals surface area contributed by atoms with E-state index >= 15 is 0 Å². The molecular formula is C11H11BrO. The highest BCUT2D eigenvalue weighted by Gasteiger charge is 2.52. The summed E-state index contributed by atoms with van der Waals surface area (Å²) in [6, 6.07) is 8.04. The largest absolute Gasteiger partial charge is 0.302 e. The quantitative estimate of drug-likeness (QED) is 0.725. The molecule has 1 fully saturated rings. The standard InChI is InChI=1S/C11H11BrO/c1-8-6-11(8,7-13)9-2-4-10(12)5-3-9/h2-5,7-8H,6H2,1H3/t8-,11+/m0/s1. The van der Waals surface area contributed by atoms with Crippen molar-refractivity contribution in [3.05, 3.63) is 34.3 Å². The second kappa shape index (κ2) is 2.95. The van der Waals surface area contributed by atoms with Crippen LogP contribution in [0, 0.1) is 5.92 Å². The van der Waals surface area contributed by atoms with Crippen LogP contribution in [0.25, 0.3) is 0 Å². The Balaban J connectivity index is 2.36. The van der Waals surface area contributed by atoms with Gasteiger partial charge in [0.15, 0.2) is 0 Å². The lowest BCUT2D eigenvalue weighted by Gasteiger charge is -2.08. The molecular weight excluding hydrogens is 228 g/mol. The molecule has 0 radical (unpaired) electrons. The van der Waals surface area contributed by atoms with Crippen molar-refractivity contribution in [2.45, 2.75) is 18.8 Å². The van der Waals surface area contributed by atoms with E-state index in [0.29, 0.717) is 5.92 Å². The van der Waals surface area contributed by atoms with E-state index in [0.717, 1.165) is 22.7 Å². The van der Waals surface area contributed by atoms with E-state index in [-0.39, 0.29) is 5.41 Å². The van der Waals surface area contributed by atoms with E-state index in [1.807, 2.05) is 24.3 Å². The molecule has 2 heteroatoms. The minimum Gasteiger partial charge on any atom is -0.302 e. The number of hydrogen-bond donors (Lipinski definition) is 0. The van der Waals surface area contributed by atoms with Crippen LogP contribution in [-0.2, 0) is 10.2 Å². The first kappa shape index (κ1) is 8.95. The molecule has 1 aromatic rings. The van der Waals surface area contributed by atoms with Crippen molar-refractivity contribution < 1.29 is 4.79 Å². The Morgan fingerprint density at radius 2 is 2.00 bits per heavy atom. The van der Waals surface area contributed by atoms with Crippen LogP contribution in [0.5, 0.6) is 0 Å². The summed E-state index contributed by atoms with van der Waals surface area (Å²) in [6.07, 6.45) is 2.10. The van der Waals surface area contributed by atoms with Crippen molar-refractivity contribution in [3.8, 4) is 0 Å². The van der Waals surface area contributed by atoms with Gasteiger partial charge in [-0.25, -0.2) is 0 Å². The van der Waals surface area contributed by atoms with Gasteiger partial charge in [-0.15, -0.1) is 0 Å². The van der Waals surface area contributed by atoms with Crippen LogP contribution < -0.4 is 0 Å². The van der Waals surface area contributed by atoms with Crippen LogP contribution >= 0.6 is 15.9 Å². The molecule has 0 N–H and O–H groups in total. The number of aldehydes is 1. The third-order valence-corrected chi connectivity index (χ3v) is 3.48. The molecule has 2 rings (SSSR count). The molecule has 13 heavy (non-hydrogen) atoms. The fourth-order valence-corrected chi connectivity index (χ4v) is 2.11. The normalized spacial score (nSPS) is 31.4. The molecule has 0 heterocycles. The molecule has 0 aromatic heterocycles. The summed E-state index contributed by atoms with van der Waals surface area (Å²) in [6.45, 7) is 2.12. The minimum absolute atomic E-state index is 0.166. The van der Waals surface area contributed by atoms with Crippen molar-refractivity contribution in [2.24, 2.45) is 5.92 Å². The Morgan fingerprint density at radius 1 is 1.46 bits per heavy atom. The molecule has 0 unspecified atom stereocenters. The number of halogens is 1. The lowest BCUT2D eigenvalue weighted by molar-refractivity contribution is -0.110. The zero-order chi connectivity index (χ0) is 9.47. The average molecular weight is 239 g/mol. The second-order valence-corrected chi connectivity index (χ2v) is 4.69. The van der Waals surface area contributed by atoms with Gasteiger partial charge in [0.1, 0.15) is 6.29 Å². The van der Waals surface area contributed by atoms with Crippen LogP contribution in [0.1, 0.15) is 18.9 Å². The van der Waals surface area contributed by atoms with Crippen LogP contribution in [0.4, 0.5) is 0 Å². The van der Waals surface area contributed by atoms with Gasteiger partial charge in [-0.1, -0.05) is 35.0 Å². The predicted octanol–water partition coefficient (Wildman–Crippen LogP) is 2.93. The van der Waals surface area contributed by atoms with Crippen molar-refractivity contribution in [1.29, 1.82) is 0 Å². The highest BCUT2D eigenvalue weighted by Crippen LogP contribution is 2.52. The topological polar surface area (TPSA) is 17.1 Å². The van der Waals surface area contributed by atoms with Crippen molar-refractivity contribution in [1.82, 2.24) is 0 Å². The Hall–Kier alpha value is -0.630. The van der Waals surface area contributed by atoms with Gasteiger partial charge in [-0.05, 0) is 30.0 Å². The lowest BCUT2D eigenvalue weighted by Crippen LogP contribution is -2.10. The van der Waals surface area contributed by atoms with Gasteiger partial charge in [0, 0.05) is 4.47 Å². The van der Waals surface area contributed by atoms with E-state index in [4.69, 9.17) is 0 Å². The molecule has 1 saturated carbocycles. The monoisotopic (exact) mass is 238 g/mol. The van der Waals surface area contributed by atoms with E-state index in [1.54, 1.807) is 0 Å². The molecule has 2 atom stereocenters. The fourth-order valence-electron chi connectivity index (χ4n) is 1.84. The van der Waals surface area contributed by atoms with Crippen LogP contribution in [0.2, 0.25) is 0 Å². The maximum Gasteiger partial charge on any atom is 0.130 e. The van der Waals surface area contributed by atoms with Crippen LogP contribution in [0.3, 0.4) is 0 Å². The first-order valence-corrected chi connectivity index (χ1v) is 5.21. The summed E-state index contributed by atoms with van der Waals surface area (Å²) in [5.74, 6) is 0.506. The summed E-state index contributed by atoms with van der Waals surface area (Å²) in [5, 5.41) is 0. The smallest absolute Gasteiger partial charge is 0.130 e. The highest BCUT2D eigenvalue weighted by atomic mass is 79.9. The summed E-state index contributed by atoms with van der Waals surface area (Å²) in [5.41, 5.74) is 0.985. The zero-order valence-corrected chi connectivity index (χ0v) is 9.04. The van der Waals surface area contributed by atoms with Gasteiger partial charge in [-0.3, -0.25) is 0 Å². The van der Waals surface area contributed by atoms with Crippen molar-refractivity contribution >= 4 is 22.2 Å². The summed E-state index contributed by atoms with van der Waals surface area (Å²) >= 11 is 3.38. The maximum atomic E-state index is 11.0. The number of rotatable bonds is 2. The predicted molar refractivity (Wildman–Crippen MR) is 55.7 cm³/mol. The molecule has 0 saturated heterocycles. The first-order valence-electron chi connectivity index (χ1n) is 4.41. The van der Waals surface area contributed by atoms with Gasteiger partial charge >= 0.3 is 0 Å². The fraction of sp³-hybridized carbons (Fsp3) is 0.364. The van der Waals surface area contributed by atoms with Gasteiger partial charge in [0.2, 0.25) is 0 Å². The molecule has 68 valence electrons. The Labute approximate surface area is 86.3 Å². The second-order valence-electron chi connectivity index (χ2n) is 3.77. The van der Waals surface area contributed by atoms with Crippen molar-refractivity contribution in [3.63, 3.8) is 0 Å². The van der Waals surface area contributed by atoms with Crippen LogP contribution in [-0.4, -0.2) is 6.29 Å². The van der Waals surface area contributed by atoms with E-state index in [2.05, 4.69) is 22.9 Å². The Bertz CT molecular complexity index is 330. The van der Waals surface area contributed by atoms with Gasteiger partial charge in [-0.2, -0.15) is 0 Å². The first-order chi connectivity index (χ1) is 6.19. The van der Waals surface area contributed by atoms with Gasteiger partial charge < -0.3 is 4.79 Å². The van der Waals surface area contributed by atoms with Crippen LogP contribution in [0.15, 0.2) is 28.7 Å². The molecule has 1 aliphatic rings. The SMILES string of the molecule is C[C@H]1C[C@]1(C=O)c1ccc(Br)cc1. The molecule has 0 aliphatic heterocycles. The average Bonchev–Trinajstić information content (AvgIpc) is 2.79. The third-order valence-electron chi connectivity index (χ3n) is 2.96. The molecule has 1 aliphatic carbocycles. The Morgan fingerprint density at radius 3 is 2.38 bits per heavy atom. The third kappa shape index (κ3) is 1.33. The molecule has 1 nitrogen and oxygen atoms in total. The summed E-state index contributed by atoms with van der Waals surface area (Å²) in [4.78, 5) is 11.0. The number of hydrogen-bond acceptors (Lipinski definition) is 1. The van der Waals surface area contributed by atoms with E-state index in [9.17, 15) is 4.79 Å². The van der Waals surface area contributed by atoms with Gasteiger partial charge in [0.25, 0.3) is 0 Å². The molecule has 0 amide bonds. The highest BCUT2D eigenvalue weighted by molar-refractivity contribution is 9.10. The number of carbonyl (C=O) groups is 1. The van der Waals surface area contributed by atoms with E-state index < -0.39 is 0 Å². The molecule has 0 bridgehead atoms. The number of carbonyl (C=O) groups excluding carboxylic acids is 1. The summed E-state index contributed by atoms with van der Waals surface area (Å²) < 4.78 is 1.06. The van der Waals surface area contributed by atoms with Crippen molar-refractivity contribution in [2.75, 3.05) is 0 Å². The molecule has 1 aromatic carbocycles. The Kier molecular flexibility index (Phi) is 2.03.